The van der Waals surface area contributed by atoms with E-state index in [1.54, 1.807) is 6.20 Å². The Hall–Kier alpha value is -1.53. The molecule has 0 N–H and O–H groups in total. The lowest BCUT2D eigenvalue weighted by Gasteiger charge is -2.45. The molecule has 1 aromatic heterocycles. The second-order valence-corrected chi connectivity index (χ2v) is 6.87. The molecule has 6 nitrogen and oxygen atoms in total. The number of nitrogens with zero attached hydrogens (tertiary/aromatic N) is 4. The van der Waals surface area contributed by atoms with Gasteiger partial charge in [0.1, 0.15) is 5.82 Å². The normalized spacial score (nSPS) is 25.5. The molecule has 0 spiro atoms. The third-order valence-electron chi connectivity index (χ3n) is 4.87. The molecule has 0 unspecified atom stereocenters. The van der Waals surface area contributed by atoms with Crippen LogP contribution in [0.3, 0.4) is 0 Å². The second kappa shape index (κ2) is 6.53. The number of amides is 1. The van der Waals surface area contributed by atoms with Crippen LogP contribution in [0.1, 0.15) is 48.1 Å². The summed E-state index contributed by atoms with van der Waals surface area (Å²) in [7, 11) is 2.11. The highest BCUT2D eigenvalue weighted by molar-refractivity contribution is 5.95. The van der Waals surface area contributed by atoms with Gasteiger partial charge in [0.25, 0.3) is 5.91 Å². The molecule has 1 amide bonds. The second-order valence-electron chi connectivity index (χ2n) is 6.87. The molecule has 2 aliphatic heterocycles. The van der Waals surface area contributed by atoms with Crippen molar-refractivity contribution in [1.82, 2.24) is 19.8 Å². The lowest BCUT2D eigenvalue weighted by molar-refractivity contribution is -0.0893. The zero-order valence-electron chi connectivity index (χ0n) is 14.5. The van der Waals surface area contributed by atoms with E-state index in [9.17, 15) is 4.79 Å². The van der Waals surface area contributed by atoms with Crippen molar-refractivity contribution in [3.05, 3.63) is 23.3 Å². The van der Waals surface area contributed by atoms with Crippen LogP contribution in [-0.2, 0) is 4.74 Å². The van der Waals surface area contributed by atoms with Crippen LogP contribution in [0, 0.1) is 6.92 Å². The highest BCUT2D eigenvalue weighted by atomic mass is 16.5. The number of likely N-dealkylation sites (tertiary alicyclic amines) is 1. The number of hydrogen-bond donors (Lipinski definition) is 0. The fourth-order valence-electron chi connectivity index (χ4n) is 3.49. The molecule has 0 aliphatic carbocycles. The average molecular weight is 318 g/mol. The number of likely N-dealkylation sites (N-methyl/N-ethyl adjacent to an activating group) is 1. The number of rotatable bonds is 2. The van der Waals surface area contributed by atoms with E-state index in [0.717, 1.165) is 31.8 Å². The molecule has 0 aromatic carbocycles. The molecule has 126 valence electrons. The van der Waals surface area contributed by atoms with E-state index in [1.165, 1.54) is 0 Å². The zero-order valence-corrected chi connectivity index (χ0v) is 14.5. The van der Waals surface area contributed by atoms with E-state index < -0.39 is 0 Å². The van der Waals surface area contributed by atoms with Crippen molar-refractivity contribution >= 4 is 5.91 Å². The molecule has 1 aromatic rings. The number of hydrogen-bond acceptors (Lipinski definition) is 5. The fourth-order valence-corrected chi connectivity index (χ4v) is 3.49. The maximum atomic E-state index is 13.0. The fraction of sp³-hybridized carbons (Fsp3) is 0.706. The van der Waals surface area contributed by atoms with Gasteiger partial charge in [0.05, 0.1) is 30.0 Å². The number of ether oxygens (including phenoxy) is 1. The van der Waals surface area contributed by atoms with Gasteiger partial charge in [-0.25, -0.2) is 9.97 Å². The summed E-state index contributed by atoms with van der Waals surface area (Å²) in [5.74, 6) is 0.962. The molecular weight excluding hydrogens is 292 g/mol. The van der Waals surface area contributed by atoms with Gasteiger partial charge in [-0.15, -0.1) is 0 Å². The first-order valence-corrected chi connectivity index (χ1v) is 8.42. The molecule has 0 saturated carbocycles. The van der Waals surface area contributed by atoms with Crippen molar-refractivity contribution in [3.63, 3.8) is 0 Å². The van der Waals surface area contributed by atoms with Gasteiger partial charge in [-0.1, -0.05) is 13.8 Å². The predicted molar refractivity (Wildman–Crippen MR) is 87.5 cm³/mol. The summed E-state index contributed by atoms with van der Waals surface area (Å²) in [5.41, 5.74) is 1.49. The van der Waals surface area contributed by atoms with Crippen LogP contribution in [0.4, 0.5) is 0 Å². The predicted octanol–water partition coefficient (Wildman–Crippen LogP) is 1.45. The Morgan fingerprint density at radius 1 is 1.39 bits per heavy atom. The Bertz CT molecular complexity index is 590. The summed E-state index contributed by atoms with van der Waals surface area (Å²) in [6, 6.07) is 0.287. The van der Waals surface area contributed by atoms with Gasteiger partial charge in [-0.05, 0) is 26.3 Å². The minimum atomic E-state index is 0.0473. The maximum Gasteiger partial charge on any atom is 0.257 e. The number of aryl methyl sites for hydroxylation is 1. The topological polar surface area (TPSA) is 58.6 Å². The van der Waals surface area contributed by atoms with E-state index in [0.29, 0.717) is 17.9 Å². The minimum absolute atomic E-state index is 0.0473. The Morgan fingerprint density at radius 2 is 2.17 bits per heavy atom. The van der Waals surface area contributed by atoms with Crippen LogP contribution in [0.15, 0.2) is 6.20 Å². The molecule has 2 aliphatic rings. The molecule has 2 saturated heterocycles. The largest absolute Gasteiger partial charge is 0.375 e. The van der Waals surface area contributed by atoms with Crippen molar-refractivity contribution in [2.45, 2.75) is 45.3 Å². The van der Waals surface area contributed by atoms with Gasteiger partial charge in [0.15, 0.2) is 0 Å². The Morgan fingerprint density at radius 3 is 2.91 bits per heavy atom. The van der Waals surface area contributed by atoms with Gasteiger partial charge < -0.3 is 9.64 Å². The van der Waals surface area contributed by atoms with E-state index in [4.69, 9.17) is 4.74 Å². The molecule has 3 heterocycles. The number of fused-ring (bicyclic) bond motifs is 1. The van der Waals surface area contributed by atoms with E-state index in [1.807, 2.05) is 11.8 Å². The number of aromatic nitrogens is 2. The van der Waals surface area contributed by atoms with Crippen LogP contribution in [-0.4, -0.2) is 71.1 Å². The molecular formula is C17H26N4O2. The smallest absolute Gasteiger partial charge is 0.257 e. The van der Waals surface area contributed by atoms with Crippen molar-refractivity contribution in [2.75, 3.05) is 33.3 Å². The first-order valence-electron chi connectivity index (χ1n) is 8.42. The van der Waals surface area contributed by atoms with Crippen molar-refractivity contribution in [1.29, 1.82) is 0 Å². The summed E-state index contributed by atoms with van der Waals surface area (Å²) >= 11 is 0. The molecule has 23 heavy (non-hydrogen) atoms. The molecule has 0 bridgehead atoms. The number of carbonyl (C=O) groups is 1. The van der Waals surface area contributed by atoms with E-state index in [-0.39, 0.29) is 24.0 Å². The molecule has 6 heteroatoms. The van der Waals surface area contributed by atoms with Crippen LogP contribution in [0.25, 0.3) is 0 Å². The average Bonchev–Trinajstić information content (AvgIpc) is 2.54. The van der Waals surface area contributed by atoms with Crippen LogP contribution in [0.5, 0.6) is 0 Å². The summed E-state index contributed by atoms with van der Waals surface area (Å²) in [5, 5.41) is 0. The third-order valence-corrected chi connectivity index (χ3v) is 4.87. The summed E-state index contributed by atoms with van der Waals surface area (Å²) < 4.78 is 5.86. The van der Waals surface area contributed by atoms with Gasteiger partial charge in [-0.3, -0.25) is 9.69 Å². The van der Waals surface area contributed by atoms with Crippen molar-refractivity contribution in [2.24, 2.45) is 0 Å². The van der Waals surface area contributed by atoms with Gasteiger partial charge >= 0.3 is 0 Å². The molecule has 2 fully saturated rings. The quantitative estimate of drug-likeness (QED) is 0.826. The Labute approximate surface area is 137 Å². The summed E-state index contributed by atoms with van der Waals surface area (Å²) in [6.07, 6.45) is 2.83. The van der Waals surface area contributed by atoms with E-state index >= 15 is 0 Å². The highest BCUT2D eigenvalue weighted by Crippen LogP contribution is 2.25. The Kier molecular flexibility index (Phi) is 4.64. The lowest BCUT2D eigenvalue weighted by atomic mass is 9.97. The van der Waals surface area contributed by atoms with Crippen molar-refractivity contribution < 1.29 is 9.53 Å². The standard InChI is InChI=1S/C17H26N4O2/c1-11(2)16-13(9-18-12(3)19-16)17(22)21-6-5-15-14(10-21)20(4)7-8-23-15/h9,11,14-15H,5-8,10H2,1-4H3/t14-,15+/m0/s1. The summed E-state index contributed by atoms with van der Waals surface area (Å²) in [4.78, 5) is 26.0. The minimum Gasteiger partial charge on any atom is -0.375 e. The lowest BCUT2D eigenvalue weighted by Crippen LogP contribution is -2.59. The number of morpholine rings is 1. The SMILES string of the molecule is Cc1ncc(C(=O)N2CC[C@H]3OCCN(C)[C@H]3C2)c(C(C)C)n1. The maximum absolute atomic E-state index is 13.0. The number of carbonyl (C=O) groups excluding carboxylic acids is 1. The van der Waals surface area contributed by atoms with Crippen LogP contribution >= 0.6 is 0 Å². The monoisotopic (exact) mass is 318 g/mol. The third kappa shape index (κ3) is 3.23. The zero-order chi connectivity index (χ0) is 16.6. The van der Waals surface area contributed by atoms with Gasteiger partial charge in [-0.2, -0.15) is 0 Å². The van der Waals surface area contributed by atoms with Crippen LogP contribution < -0.4 is 0 Å². The van der Waals surface area contributed by atoms with Crippen LogP contribution in [0.2, 0.25) is 0 Å². The van der Waals surface area contributed by atoms with Gasteiger partial charge in [0, 0.05) is 25.8 Å². The molecule has 2 atom stereocenters. The number of piperidine rings is 1. The molecule has 0 radical (unpaired) electrons. The summed E-state index contributed by atoms with van der Waals surface area (Å²) in [6.45, 7) is 9.15. The van der Waals surface area contributed by atoms with Crippen molar-refractivity contribution in [3.8, 4) is 0 Å². The first-order chi connectivity index (χ1) is 11.0. The highest BCUT2D eigenvalue weighted by Gasteiger charge is 2.37. The van der Waals surface area contributed by atoms with Gasteiger partial charge in [0.2, 0.25) is 0 Å². The Balaban J connectivity index is 1.81. The van der Waals surface area contributed by atoms with E-state index in [2.05, 4.69) is 35.8 Å². The first kappa shape index (κ1) is 16.3. The molecule has 3 rings (SSSR count).